The minimum absolute atomic E-state index is 0.177. The summed E-state index contributed by atoms with van der Waals surface area (Å²) in [6.07, 6.45) is 2.75. The third-order valence-electron chi connectivity index (χ3n) is 4.08. The van der Waals surface area contributed by atoms with E-state index in [2.05, 4.69) is 4.98 Å². The van der Waals surface area contributed by atoms with E-state index < -0.39 is 0 Å². The first-order valence-electron chi connectivity index (χ1n) is 8.25. The topological polar surface area (TPSA) is 69.9 Å². The Bertz CT molecular complexity index is 964. The smallest absolute Gasteiger partial charge is 0.311 e. The van der Waals surface area contributed by atoms with Crippen LogP contribution in [0.1, 0.15) is 33.4 Å². The number of aryl methyl sites for hydroxylation is 2. The maximum Gasteiger partial charge on any atom is 0.311 e. The van der Waals surface area contributed by atoms with Gasteiger partial charge in [0.25, 0.3) is 0 Å². The lowest BCUT2D eigenvalue weighted by Crippen LogP contribution is -2.06. The molecular formula is C19H20N2O4S. The Labute approximate surface area is 155 Å². The molecule has 26 heavy (non-hydrogen) atoms. The zero-order valence-corrected chi connectivity index (χ0v) is 16.0. The number of carbonyl (C=O) groups is 2. The van der Waals surface area contributed by atoms with Crippen LogP contribution in [0.25, 0.3) is 16.2 Å². The molecule has 0 atom stereocenters. The summed E-state index contributed by atoms with van der Waals surface area (Å²) in [4.78, 5) is 29.5. The second-order valence-electron chi connectivity index (χ2n) is 5.94. The van der Waals surface area contributed by atoms with Crippen molar-refractivity contribution in [2.45, 2.75) is 27.2 Å². The molecule has 2 heterocycles. The highest BCUT2D eigenvalue weighted by Crippen LogP contribution is 2.33. The van der Waals surface area contributed by atoms with Crippen molar-refractivity contribution in [3.8, 4) is 17.0 Å². The Morgan fingerprint density at radius 2 is 2.00 bits per heavy atom. The lowest BCUT2D eigenvalue weighted by molar-refractivity contribution is -0.142. The summed E-state index contributed by atoms with van der Waals surface area (Å²) >= 11 is 1.38. The predicted molar refractivity (Wildman–Crippen MR) is 100 cm³/mol. The van der Waals surface area contributed by atoms with E-state index >= 15 is 0 Å². The van der Waals surface area contributed by atoms with Crippen LogP contribution < -0.4 is 4.74 Å². The van der Waals surface area contributed by atoms with Gasteiger partial charge in [-0.3, -0.25) is 14.0 Å². The van der Waals surface area contributed by atoms with Gasteiger partial charge < -0.3 is 9.47 Å². The molecule has 0 amide bonds. The van der Waals surface area contributed by atoms with E-state index in [4.69, 9.17) is 9.47 Å². The second kappa shape index (κ2) is 7.29. The molecule has 0 fully saturated rings. The second-order valence-corrected chi connectivity index (χ2v) is 7.03. The third-order valence-corrected chi connectivity index (χ3v) is 5.07. The van der Waals surface area contributed by atoms with Crippen LogP contribution >= 0.6 is 11.3 Å². The van der Waals surface area contributed by atoms with Crippen LogP contribution in [-0.4, -0.2) is 35.4 Å². The van der Waals surface area contributed by atoms with Gasteiger partial charge in [-0.1, -0.05) is 0 Å². The van der Waals surface area contributed by atoms with E-state index in [-0.39, 0.29) is 12.4 Å². The van der Waals surface area contributed by atoms with Gasteiger partial charge >= 0.3 is 5.97 Å². The summed E-state index contributed by atoms with van der Waals surface area (Å²) < 4.78 is 12.1. The van der Waals surface area contributed by atoms with Crippen LogP contribution in [0.4, 0.5) is 0 Å². The van der Waals surface area contributed by atoms with Gasteiger partial charge in [0.15, 0.2) is 11.2 Å². The van der Waals surface area contributed by atoms with Crippen molar-refractivity contribution >= 4 is 28.6 Å². The average molecular weight is 372 g/mol. The molecule has 0 N–H and O–H groups in total. The van der Waals surface area contributed by atoms with Crippen molar-refractivity contribution < 1.29 is 19.1 Å². The first-order chi connectivity index (χ1) is 12.5. The minimum atomic E-state index is -0.286. The Balaban J connectivity index is 2.04. The van der Waals surface area contributed by atoms with E-state index in [1.54, 1.807) is 24.6 Å². The standard InChI is InChI=1S/C19H20N2O4S/c1-5-25-16(23)8-14-9-21-15(10-22)17(20-19(21)26-14)13-6-11(2)18(24-4)12(3)7-13/h6-7,9-10H,5,8H2,1-4H3. The first-order valence-corrected chi connectivity index (χ1v) is 9.07. The van der Waals surface area contributed by atoms with Gasteiger partial charge in [-0.2, -0.15) is 0 Å². The van der Waals surface area contributed by atoms with Crippen molar-refractivity contribution in [2.75, 3.05) is 13.7 Å². The fraction of sp³-hybridized carbons (Fsp3) is 0.316. The molecule has 3 aromatic rings. The number of rotatable bonds is 6. The molecule has 0 spiro atoms. The van der Waals surface area contributed by atoms with Crippen LogP contribution in [0.2, 0.25) is 0 Å². The number of hydrogen-bond donors (Lipinski definition) is 0. The van der Waals surface area contributed by atoms with Gasteiger partial charge in [-0.15, -0.1) is 11.3 Å². The molecule has 0 unspecified atom stereocenters. The molecular weight excluding hydrogens is 352 g/mol. The number of aromatic nitrogens is 2. The summed E-state index contributed by atoms with van der Waals surface area (Å²) in [5.74, 6) is 0.547. The number of carbonyl (C=O) groups excluding carboxylic acids is 2. The summed E-state index contributed by atoms with van der Waals surface area (Å²) in [5, 5.41) is 0. The number of fused-ring (bicyclic) bond motifs is 1. The Kier molecular flexibility index (Phi) is 5.08. The highest BCUT2D eigenvalue weighted by atomic mass is 32.1. The molecule has 0 bridgehead atoms. The summed E-state index contributed by atoms with van der Waals surface area (Å²) in [6.45, 7) is 6.05. The van der Waals surface area contributed by atoms with Crippen LogP contribution in [0.5, 0.6) is 5.75 Å². The number of aldehydes is 1. The summed E-state index contributed by atoms with van der Waals surface area (Å²) in [5.41, 5.74) is 3.93. The molecule has 0 aliphatic carbocycles. The Hall–Kier alpha value is -2.67. The third kappa shape index (κ3) is 3.22. The van der Waals surface area contributed by atoms with Crippen LogP contribution in [-0.2, 0) is 16.0 Å². The number of methoxy groups -OCH3 is 1. The first kappa shape index (κ1) is 18.1. The van der Waals surface area contributed by atoms with Gasteiger partial charge in [-0.05, 0) is 44.0 Å². The molecule has 136 valence electrons. The monoisotopic (exact) mass is 372 g/mol. The molecule has 7 heteroatoms. The van der Waals surface area contributed by atoms with Crippen LogP contribution in [0.3, 0.4) is 0 Å². The van der Waals surface area contributed by atoms with Gasteiger partial charge in [0.2, 0.25) is 0 Å². The summed E-state index contributed by atoms with van der Waals surface area (Å²) in [7, 11) is 1.64. The Morgan fingerprint density at radius 1 is 1.31 bits per heavy atom. The maximum atomic E-state index is 11.7. The van der Waals surface area contributed by atoms with Gasteiger partial charge in [0.05, 0.1) is 20.1 Å². The fourth-order valence-electron chi connectivity index (χ4n) is 3.08. The van der Waals surface area contributed by atoms with E-state index in [9.17, 15) is 9.59 Å². The largest absolute Gasteiger partial charge is 0.496 e. The van der Waals surface area contributed by atoms with E-state index in [0.717, 1.165) is 33.6 Å². The van der Waals surface area contributed by atoms with Gasteiger partial charge in [0.1, 0.15) is 17.1 Å². The minimum Gasteiger partial charge on any atom is -0.496 e. The molecule has 2 aromatic heterocycles. The number of esters is 1. The number of benzene rings is 1. The molecule has 3 rings (SSSR count). The average Bonchev–Trinajstić information content (AvgIpc) is 3.11. The van der Waals surface area contributed by atoms with Crippen molar-refractivity contribution in [3.63, 3.8) is 0 Å². The predicted octanol–water partition coefficient (Wildman–Crippen LogP) is 3.61. The fourth-order valence-corrected chi connectivity index (χ4v) is 4.05. The Morgan fingerprint density at radius 3 is 2.58 bits per heavy atom. The lowest BCUT2D eigenvalue weighted by atomic mass is 10.0. The number of hydrogen-bond acceptors (Lipinski definition) is 6. The molecule has 1 aromatic carbocycles. The van der Waals surface area contributed by atoms with E-state index in [1.807, 2.05) is 26.0 Å². The molecule has 0 aliphatic heterocycles. The molecule has 6 nitrogen and oxygen atoms in total. The van der Waals surface area contributed by atoms with Crippen molar-refractivity contribution in [3.05, 3.63) is 40.0 Å². The summed E-state index contributed by atoms with van der Waals surface area (Å²) in [6, 6.07) is 3.93. The van der Waals surface area contributed by atoms with Crippen molar-refractivity contribution in [1.29, 1.82) is 0 Å². The zero-order valence-electron chi connectivity index (χ0n) is 15.2. The van der Waals surface area contributed by atoms with Crippen molar-refractivity contribution in [1.82, 2.24) is 9.38 Å². The van der Waals surface area contributed by atoms with Crippen LogP contribution in [0.15, 0.2) is 18.3 Å². The number of thiazole rings is 1. The maximum absolute atomic E-state index is 11.7. The van der Waals surface area contributed by atoms with Gasteiger partial charge in [-0.25, -0.2) is 4.98 Å². The lowest BCUT2D eigenvalue weighted by Gasteiger charge is -2.10. The molecule has 0 aliphatic rings. The number of ether oxygens (including phenoxy) is 2. The quantitative estimate of drug-likeness (QED) is 0.488. The highest BCUT2D eigenvalue weighted by Gasteiger charge is 2.19. The molecule has 0 radical (unpaired) electrons. The highest BCUT2D eigenvalue weighted by molar-refractivity contribution is 7.17. The van der Waals surface area contributed by atoms with E-state index in [0.29, 0.717) is 23.0 Å². The van der Waals surface area contributed by atoms with Gasteiger partial charge in [0, 0.05) is 16.6 Å². The zero-order chi connectivity index (χ0) is 18.8. The van der Waals surface area contributed by atoms with E-state index in [1.165, 1.54) is 11.3 Å². The molecule has 0 saturated carbocycles. The normalized spacial score (nSPS) is 10.9. The van der Waals surface area contributed by atoms with Crippen LogP contribution in [0, 0.1) is 13.8 Å². The number of nitrogens with zero attached hydrogens (tertiary/aromatic N) is 2. The SMILES string of the molecule is CCOC(=O)Cc1cn2c(C=O)c(-c3cc(C)c(OC)c(C)c3)nc2s1. The molecule has 0 saturated heterocycles. The van der Waals surface area contributed by atoms with Crippen molar-refractivity contribution in [2.24, 2.45) is 0 Å². The number of imidazole rings is 1.